The molecule has 0 spiro atoms. The van der Waals surface area contributed by atoms with E-state index in [-0.39, 0.29) is 37.8 Å². The Kier molecular flexibility index (Phi) is 5.11. The van der Waals surface area contributed by atoms with E-state index in [4.69, 9.17) is 0 Å². The number of thiazole rings is 1. The topological polar surface area (TPSA) is 79.4 Å². The summed E-state index contributed by atoms with van der Waals surface area (Å²) in [5, 5.41) is 4.89. The molecule has 0 saturated carbocycles. The van der Waals surface area contributed by atoms with Gasteiger partial charge in [0.15, 0.2) is 10.0 Å². The molecular formula is C15H15F2N3O3S2. The summed E-state index contributed by atoms with van der Waals surface area (Å²) in [6, 6.07) is 2.92. The second-order valence-electron chi connectivity index (χ2n) is 5.56. The van der Waals surface area contributed by atoms with Crippen LogP contribution in [0.15, 0.2) is 34.7 Å². The number of hydrogen-bond acceptors (Lipinski definition) is 5. The van der Waals surface area contributed by atoms with E-state index in [0.29, 0.717) is 5.13 Å². The van der Waals surface area contributed by atoms with E-state index in [2.05, 4.69) is 10.3 Å². The van der Waals surface area contributed by atoms with Crippen molar-refractivity contribution < 1.29 is 22.0 Å². The summed E-state index contributed by atoms with van der Waals surface area (Å²) < 4.78 is 53.6. The van der Waals surface area contributed by atoms with E-state index in [1.54, 1.807) is 11.6 Å². The SMILES string of the molecule is O=C(Nc1nccs1)C1CCN(S(=O)(=O)c2c(F)cccc2F)CC1. The summed E-state index contributed by atoms with van der Waals surface area (Å²) in [6.45, 7) is 0.0398. The number of sulfonamides is 1. The molecule has 1 amide bonds. The number of nitrogens with one attached hydrogen (secondary N) is 1. The molecule has 1 aromatic carbocycles. The molecule has 1 aromatic heterocycles. The van der Waals surface area contributed by atoms with Crippen molar-refractivity contribution in [1.82, 2.24) is 9.29 Å². The van der Waals surface area contributed by atoms with Gasteiger partial charge < -0.3 is 5.32 Å². The van der Waals surface area contributed by atoms with Crippen LogP contribution < -0.4 is 5.32 Å². The number of carbonyl (C=O) groups excluding carboxylic acids is 1. The molecule has 1 fully saturated rings. The molecule has 2 heterocycles. The Morgan fingerprint density at radius 2 is 1.88 bits per heavy atom. The van der Waals surface area contributed by atoms with Gasteiger partial charge in [-0.3, -0.25) is 4.79 Å². The Morgan fingerprint density at radius 3 is 2.44 bits per heavy atom. The Hall–Kier alpha value is -1.91. The molecule has 0 bridgehead atoms. The molecule has 1 aliphatic rings. The molecule has 0 unspecified atom stereocenters. The maximum Gasteiger partial charge on any atom is 0.248 e. The van der Waals surface area contributed by atoms with Crippen molar-refractivity contribution in [3.63, 3.8) is 0 Å². The molecule has 0 atom stereocenters. The lowest BCUT2D eigenvalue weighted by molar-refractivity contribution is -0.120. The molecular weight excluding hydrogens is 372 g/mol. The molecule has 2 aromatic rings. The third kappa shape index (κ3) is 3.70. The molecule has 10 heteroatoms. The van der Waals surface area contributed by atoms with E-state index in [1.165, 1.54) is 11.3 Å². The zero-order chi connectivity index (χ0) is 18.0. The third-order valence-electron chi connectivity index (χ3n) is 4.00. The van der Waals surface area contributed by atoms with E-state index in [1.807, 2.05) is 0 Å². The zero-order valence-electron chi connectivity index (χ0n) is 13.0. The summed E-state index contributed by atoms with van der Waals surface area (Å²) in [4.78, 5) is 15.2. The number of halogens is 2. The van der Waals surface area contributed by atoms with Crippen molar-refractivity contribution in [3.8, 4) is 0 Å². The average molecular weight is 387 g/mol. The van der Waals surface area contributed by atoms with Crippen molar-refractivity contribution in [3.05, 3.63) is 41.4 Å². The van der Waals surface area contributed by atoms with Gasteiger partial charge in [-0.1, -0.05) is 6.07 Å². The highest BCUT2D eigenvalue weighted by Gasteiger charge is 2.35. The number of benzene rings is 1. The van der Waals surface area contributed by atoms with Crippen molar-refractivity contribution >= 4 is 32.4 Å². The lowest BCUT2D eigenvalue weighted by Gasteiger charge is -2.30. The third-order valence-corrected chi connectivity index (χ3v) is 6.64. The highest BCUT2D eigenvalue weighted by molar-refractivity contribution is 7.89. The van der Waals surface area contributed by atoms with E-state index in [0.717, 1.165) is 22.5 Å². The minimum Gasteiger partial charge on any atom is -0.302 e. The summed E-state index contributed by atoms with van der Waals surface area (Å²) in [5.41, 5.74) is 0. The summed E-state index contributed by atoms with van der Waals surface area (Å²) in [5.74, 6) is -2.85. The van der Waals surface area contributed by atoms with Gasteiger partial charge in [0.05, 0.1) is 0 Å². The Morgan fingerprint density at radius 1 is 1.24 bits per heavy atom. The maximum atomic E-state index is 13.8. The number of anilines is 1. The minimum atomic E-state index is -4.28. The first-order valence-electron chi connectivity index (χ1n) is 7.54. The molecule has 1 saturated heterocycles. The van der Waals surface area contributed by atoms with Crippen molar-refractivity contribution in [2.75, 3.05) is 18.4 Å². The van der Waals surface area contributed by atoms with Gasteiger partial charge in [-0.25, -0.2) is 22.2 Å². The van der Waals surface area contributed by atoms with Gasteiger partial charge in [-0.2, -0.15) is 4.31 Å². The quantitative estimate of drug-likeness (QED) is 0.874. The van der Waals surface area contributed by atoms with Crippen LogP contribution in [0.3, 0.4) is 0 Å². The lowest BCUT2D eigenvalue weighted by atomic mass is 9.97. The van der Waals surface area contributed by atoms with Gasteiger partial charge in [0, 0.05) is 30.6 Å². The second kappa shape index (κ2) is 7.14. The lowest BCUT2D eigenvalue weighted by Crippen LogP contribution is -2.41. The fourth-order valence-electron chi connectivity index (χ4n) is 2.71. The Balaban J connectivity index is 1.68. The number of rotatable bonds is 4. The van der Waals surface area contributed by atoms with Gasteiger partial charge in [0.25, 0.3) is 0 Å². The summed E-state index contributed by atoms with van der Waals surface area (Å²) in [7, 11) is -4.28. The van der Waals surface area contributed by atoms with Crippen LogP contribution in [0.1, 0.15) is 12.8 Å². The number of carbonyl (C=O) groups is 1. The van der Waals surface area contributed by atoms with Gasteiger partial charge in [-0.15, -0.1) is 11.3 Å². The predicted octanol–water partition coefficient (Wildman–Crippen LogP) is 2.46. The number of nitrogens with zero attached hydrogens (tertiary/aromatic N) is 2. The van der Waals surface area contributed by atoms with Gasteiger partial charge in [0.1, 0.15) is 11.6 Å². The smallest absolute Gasteiger partial charge is 0.248 e. The maximum absolute atomic E-state index is 13.8. The first-order valence-corrected chi connectivity index (χ1v) is 9.86. The molecule has 1 N–H and O–H groups in total. The molecule has 0 aliphatic carbocycles. The standard InChI is InChI=1S/C15H15F2N3O3S2/c16-11-2-1-3-12(17)13(11)25(22,23)20-7-4-10(5-8-20)14(21)19-15-18-6-9-24-15/h1-3,6,9-10H,4-5,7-8H2,(H,18,19,21). The van der Waals surface area contributed by atoms with Crippen molar-refractivity contribution in [2.45, 2.75) is 17.7 Å². The van der Waals surface area contributed by atoms with Crippen LogP contribution in [-0.4, -0.2) is 36.7 Å². The van der Waals surface area contributed by atoms with Crippen LogP contribution in [0, 0.1) is 17.6 Å². The van der Waals surface area contributed by atoms with Crippen LogP contribution in [0.25, 0.3) is 0 Å². The number of amides is 1. The highest BCUT2D eigenvalue weighted by atomic mass is 32.2. The molecule has 3 rings (SSSR count). The highest BCUT2D eigenvalue weighted by Crippen LogP contribution is 2.27. The van der Waals surface area contributed by atoms with Crippen molar-refractivity contribution in [2.24, 2.45) is 5.92 Å². The van der Waals surface area contributed by atoms with Crippen LogP contribution in [0.5, 0.6) is 0 Å². The minimum absolute atomic E-state index is 0.0199. The first-order chi connectivity index (χ1) is 11.9. The van der Waals surface area contributed by atoms with Gasteiger partial charge in [-0.05, 0) is 25.0 Å². The second-order valence-corrected chi connectivity index (χ2v) is 8.32. The summed E-state index contributed by atoms with van der Waals surface area (Å²) in [6.07, 6.45) is 2.11. The molecule has 1 aliphatic heterocycles. The predicted molar refractivity (Wildman–Crippen MR) is 88.6 cm³/mol. The van der Waals surface area contributed by atoms with E-state index >= 15 is 0 Å². The van der Waals surface area contributed by atoms with Crippen LogP contribution in [-0.2, 0) is 14.8 Å². The molecule has 25 heavy (non-hydrogen) atoms. The Bertz CT molecular complexity index is 844. The van der Waals surface area contributed by atoms with Crippen LogP contribution >= 0.6 is 11.3 Å². The molecule has 6 nitrogen and oxygen atoms in total. The largest absolute Gasteiger partial charge is 0.302 e. The summed E-state index contributed by atoms with van der Waals surface area (Å²) >= 11 is 1.29. The monoisotopic (exact) mass is 387 g/mol. The number of piperidine rings is 1. The molecule has 0 radical (unpaired) electrons. The van der Waals surface area contributed by atoms with Gasteiger partial charge in [0.2, 0.25) is 15.9 Å². The van der Waals surface area contributed by atoms with E-state index < -0.39 is 26.6 Å². The fourth-order valence-corrected chi connectivity index (χ4v) is 4.82. The van der Waals surface area contributed by atoms with E-state index in [9.17, 15) is 22.0 Å². The average Bonchev–Trinajstić information content (AvgIpc) is 3.07. The van der Waals surface area contributed by atoms with Crippen molar-refractivity contribution in [1.29, 1.82) is 0 Å². The van der Waals surface area contributed by atoms with Crippen LogP contribution in [0.2, 0.25) is 0 Å². The normalized spacial score (nSPS) is 16.7. The van der Waals surface area contributed by atoms with Gasteiger partial charge >= 0.3 is 0 Å². The fraction of sp³-hybridized carbons (Fsp3) is 0.333. The van der Waals surface area contributed by atoms with Crippen LogP contribution in [0.4, 0.5) is 13.9 Å². The zero-order valence-corrected chi connectivity index (χ0v) is 14.6. The molecule has 134 valence electrons. The Labute approximate surface area is 147 Å². The number of aromatic nitrogens is 1. The number of hydrogen-bond donors (Lipinski definition) is 1. The first kappa shape index (κ1) is 17.9.